The van der Waals surface area contributed by atoms with E-state index in [1.54, 1.807) is 57.2 Å². The standard InChI is InChI=1S/C23H22N2O5S/c1-4-30-23(27)17-12-11-14(2)18(13-17)24-22(26)15(3)25-19-9-5-7-16-8-6-10-20(21(16)19)31(25,28)29/h5-13,15H,4H2,1-3H3,(H,24,26)/t15-/m0/s1. The molecule has 0 fully saturated rings. The third kappa shape index (κ3) is 3.42. The molecule has 0 aliphatic carbocycles. The van der Waals surface area contributed by atoms with Crippen molar-refractivity contribution in [3.63, 3.8) is 0 Å². The molecule has 4 rings (SSSR count). The zero-order valence-corrected chi connectivity index (χ0v) is 18.2. The smallest absolute Gasteiger partial charge is 0.338 e. The first-order valence-electron chi connectivity index (χ1n) is 9.90. The molecule has 0 saturated heterocycles. The highest BCUT2D eigenvalue weighted by Crippen LogP contribution is 2.43. The first kappa shape index (κ1) is 20.9. The summed E-state index contributed by atoms with van der Waals surface area (Å²) >= 11 is 0. The van der Waals surface area contributed by atoms with Crippen LogP contribution in [0.3, 0.4) is 0 Å². The highest BCUT2D eigenvalue weighted by molar-refractivity contribution is 7.93. The van der Waals surface area contributed by atoms with Gasteiger partial charge in [-0.05, 0) is 56.0 Å². The van der Waals surface area contributed by atoms with Crippen molar-refractivity contribution in [1.82, 2.24) is 0 Å². The monoisotopic (exact) mass is 438 g/mol. The van der Waals surface area contributed by atoms with Gasteiger partial charge in [-0.1, -0.05) is 30.3 Å². The van der Waals surface area contributed by atoms with Gasteiger partial charge in [0, 0.05) is 11.1 Å². The number of ether oxygens (including phenoxy) is 1. The summed E-state index contributed by atoms with van der Waals surface area (Å²) in [6.07, 6.45) is 0. The molecule has 1 atom stereocenters. The maximum absolute atomic E-state index is 13.2. The van der Waals surface area contributed by atoms with Gasteiger partial charge in [0.05, 0.1) is 22.8 Å². The Bertz CT molecular complexity index is 1310. The first-order chi connectivity index (χ1) is 14.8. The SMILES string of the molecule is CCOC(=O)c1ccc(C)c(NC(=O)[C@H](C)N2c3cccc4cccc(c34)S2(=O)=O)c1. The van der Waals surface area contributed by atoms with E-state index in [0.717, 1.165) is 15.3 Å². The predicted molar refractivity (Wildman–Crippen MR) is 119 cm³/mol. The van der Waals surface area contributed by atoms with E-state index in [9.17, 15) is 18.0 Å². The van der Waals surface area contributed by atoms with Crippen LogP contribution >= 0.6 is 0 Å². The molecule has 1 amide bonds. The van der Waals surface area contributed by atoms with Crippen LogP contribution < -0.4 is 9.62 Å². The van der Waals surface area contributed by atoms with Crippen molar-refractivity contribution in [3.05, 3.63) is 65.7 Å². The van der Waals surface area contributed by atoms with E-state index in [1.165, 1.54) is 6.07 Å². The van der Waals surface area contributed by atoms with E-state index in [4.69, 9.17) is 4.74 Å². The zero-order valence-electron chi connectivity index (χ0n) is 17.4. The molecule has 0 bridgehead atoms. The number of esters is 1. The lowest BCUT2D eigenvalue weighted by atomic mass is 10.1. The summed E-state index contributed by atoms with van der Waals surface area (Å²) in [5.41, 5.74) is 1.95. The Morgan fingerprint density at radius 2 is 1.81 bits per heavy atom. The normalized spacial score (nSPS) is 15.0. The molecule has 1 N–H and O–H groups in total. The predicted octanol–water partition coefficient (Wildman–Crippen LogP) is 3.86. The second kappa shape index (κ2) is 7.70. The largest absolute Gasteiger partial charge is 0.462 e. The molecule has 1 aliphatic heterocycles. The van der Waals surface area contributed by atoms with E-state index in [-0.39, 0.29) is 11.5 Å². The summed E-state index contributed by atoms with van der Waals surface area (Å²) in [7, 11) is -3.88. The minimum absolute atomic E-state index is 0.195. The maximum atomic E-state index is 13.2. The van der Waals surface area contributed by atoms with Crippen LogP contribution in [-0.4, -0.2) is 32.9 Å². The molecule has 0 aromatic heterocycles. The second-order valence-electron chi connectivity index (χ2n) is 7.35. The lowest BCUT2D eigenvalue weighted by Crippen LogP contribution is -2.44. The van der Waals surface area contributed by atoms with Gasteiger partial charge in [-0.15, -0.1) is 0 Å². The second-order valence-corrected chi connectivity index (χ2v) is 9.13. The number of nitrogens with zero attached hydrogens (tertiary/aromatic N) is 1. The molecule has 0 spiro atoms. The Morgan fingerprint density at radius 1 is 1.10 bits per heavy atom. The summed E-state index contributed by atoms with van der Waals surface area (Å²) in [5.74, 6) is -0.993. The Morgan fingerprint density at radius 3 is 2.52 bits per heavy atom. The Balaban J connectivity index is 1.67. The number of nitrogens with one attached hydrogen (secondary N) is 1. The maximum Gasteiger partial charge on any atom is 0.338 e. The fraction of sp³-hybridized carbons (Fsp3) is 0.217. The van der Waals surface area contributed by atoms with E-state index < -0.39 is 27.9 Å². The molecule has 31 heavy (non-hydrogen) atoms. The van der Waals surface area contributed by atoms with Gasteiger partial charge in [-0.3, -0.25) is 9.10 Å². The van der Waals surface area contributed by atoms with E-state index >= 15 is 0 Å². The van der Waals surface area contributed by atoms with Gasteiger partial charge in [-0.2, -0.15) is 0 Å². The van der Waals surface area contributed by atoms with Crippen LogP contribution in [0.1, 0.15) is 29.8 Å². The molecule has 160 valence electrons. The lowest BCUT2D eigenvalue weighted by Gasteiger charge is -2.25. The molecular weight excluding hydrogens is 416 g/mol. The van der Waals surface area contributed by atoms with Gasteiger partial charge in [0.25, 0.3) is 10.0 Å². The fourth-order valence-corrected chi connectivity index (χ4v) is 5.65. The number of hydrogen-bond donors (Lipinski definition) is 1. The van der Waals surface area contributed by atoms with Crippen molar-refractivity contribution in [2.45, 2.75) is 31.7 Å². The molecule has 0 unspecified atom stereocenters. The number of hydrogen-bond acceptors (Lipinski definition) is 5. The van der Waals surface area contributed by atoms with Gasteiger partial charge in [-0.25, -0.2) is 13.2 Å². The molecule has 3 aromatic rings. The molecule has 8 heteroatoms. The number of carbonyl (C=O) groups is 2. The Kier molecular flexibility index (Phi) is 5.18. The van der Waals surface area contributed by atoms with Crippen molar-refractivity contribution in [1.29, 1.82) is 0 Å². The quantitative estimate of drug-likeness (QED) is 0.611. The summed E-state index contributed by atoms with van der Waals surface area (Å²) in [6, 6.07) is 14.3. The molecular formula is C23H22N2O5S. The Hall–Kier alpha value is -3.39. The van der Waals surface area contributed by atoms with Crippen molar-refractivity contribution < 1.29 is 22.7 Å². The van der Waals surface area contributed by atoms with E-state index in [1.807, 2.05) is 12.1 Å². The van der Waals surface area contributed by atoms with E-state index in [0.29, 0.717) is 22.3 Å². The van der Waals surface area contributed by atoms with Crippen molar-refractivity contribution >= 4 is 44.0 Å². The van der Waals surface area contributed by atoms with Crippen molar-refractivity contribution in [2.75, 3.05) is 16.2 Å². The van der Waals surface area contributed by atoms with Gasteiger partial charge >= 0.3 is 5.97 Å². The minimum atomic E-state index is -3.88. The summed E-state index contributed by atoms with van der Waals surface area (Å²) in [4.78, 5) is 25.3. The molecule has 1 aliphatic rings. The number of amides is 1. The van der Waals surface area contributed by atoms with Gasteiger partial charge in [0.2, 0.25) is 5.91 Å². The third-order valence-electron chi connectivity index (χ3n) is 5.36. The molecule has 0 radical (unpaired) electrons. The molecule has 3 aromatic carbocycles. The third-order valence-corrected chi connectivity index (χ3v) is 7.28. The van der Waals surface area contributed by atoms with Crippen LogP contribution in [0.5, 0.6) is 0 Å². The number of rotatable bonds is 5. The number of benzene rings is 3. The number of carbonyl (C=O) groups excluding carboxylic acids is 2. The van der Waals surface area contributed by atoms with Crippen LogP contribution in [0.4, 0.5) is 11.4 Å². The van der Waals surface area contributed by atoms with Crippen LogP contribution in [0.15, 0.2) is 59.5 Å². The first-order valence-corrected chi connectivity index (χ1v) is 11.3. The van der Waals surface area contributed by atoms with Gasteiger partial charge < -0.3 is 10.1 Å². The van der Waals surface area contributed by atoms with Crippen molar-refractivity contribution in [3.8, 4) is 0 Å². The average molecular weight is 439 g/mol. The number of anilines is 2. The van der Waals surface area contributed by atoms with Gasteiger partial charge in [0.1, 0.15) is 6.04 Å². The Labute approximate surface area is 180 Å². The zero-order chi connectivity index (χ0) is 22.3. The topological polar surface area (TPSA) is 92.8 Å². The molecule has 1 heterocycles. The fourth-order valence-electron chi connectivity index (χ4n) is 3.78. The number of sulfonamides is 1. The highest BCUT2D eigenvalue weighted by Gasteiger charge is 2.40. The van der Waals surface area contributed by atoms with E-state index in [2.05, 4.69) is 5.32 Å². The van der Waals surface area contributed by atoms with Crippen LogP contribution in [0.2, 0.25) is 0 Å². The summed E-state index contributed by atoms with van der Waals surface area (Å²) < 4.78 is 32.6. The molecule has 0 saturated carbocycles. The van der Waals surface area contributed by atoms with Crippen LogP contribution in [0.25, 0.3) is 10.8 Å². The van der Waals surface area contributed by atoms with Crippen LogP contribution in [-0.2, 0) is 19.6 Å². The van der Waals surface area contributed by atoms with Crippen molar-refractivity contribution in [2.24, 2.45) is 0 Å². The summed E-state index contributed by atoms with van der Waals surface area (Å²) in [5, 5.41) is 4.18. The minimum Gasteiger partial charge on any atom is -0.462 e. The van der Waals surface area contributed by atoms with Gasteiger partial charge in [0.15, 0.2) is 0 Å². The molecule has 7 nitrogen and oxygen atoms in total. The lowest BCUT2D eigenvalue weighted by molar-refractivity contribution is -0.116. The highest BCUT2D eigenvalue weighted by atomic mass is 32.2. The average Bonchev–Trinajstić information content (AvgIpc) is 2.97. The summed E-state index contributed by atoms with van der Waals surface area (Å²) in [6.45, 7) is 5.29. The van der Waals surface area contributed by atoms with Crippen LogP contribution in [0, 0.1) is 6.92 Å². The number of aryl methyl sites for hydroxylation is 1.